The summed E-state index contributed by atoms with van der Waals surface area (Å²) in [7, 11) is 0. The van der Waals surface area contributed by atoms with E-state index in [1.807, 2.05) is 20.8 Å². The highest BCUT2D eigenvalue weighted by atomic mass is 19.4. The van der Waals surface area contributed by atoms with Crippen molar-refractivity contribution in [2.24, 2.45) is 5.41 Å². The lowest BCUT2D eigenvalue weighted by atomic mass is 9.93. The molecule has 1 aromatic rings. The molecule has 1 rings (SSSR count). The van der Waals surface area contributed by atoms with Crippen LogP contribution in [0.5, 0.6) is 5.88 Å². The van der Waals surface area contributed by atoms with Gasteiger partial charge in [-0.2, -0.15) is 18.2 Å². The molecule has 2 N–H and O–H groups in total. The Morgan fingerprint density at radius 2 is 1.83 bits per heavy atom. The molecule has 18 heavy (non-hydrogen) atoms. The first-order valence-corrected chi connectivity index (χ1v) is 5.55. The van der Waals surface area contributed by atoms with E-state index in [0.29, 0.717) is 13.0 Å². The van der Waals surface area contributed by atoms with Gasteiger partial charge in [-0.3, -0.25) is 0 Å². The van der Waals surface area contributed by atoms with Crippen molar-refractivity contribution in [1.82, 2.24) is 4.98 Å². The van der Waals surface area contributed by atoms with Gasteiger partial charge in [-0.05, 0) is 17.9 Å². The first-order valence-electron chi connectivity index (χ1n) is 5.55. The molecule has 1 aromatic heterocycles. The number of hydrogen-bond donors (Lipinski definition) is 1. The summed E-state index contributed by atoms with van der Waals surface area (Å²) in [6.07, 6.45) is -3.73. The van der Waals surface area contributed by atoms with Crippen LogP contribution in [-0.4, -0.2) is 11.6 Å². The molecule has 0 saturated heterocycles. The fourth-order valence-electron chi connectivity index (χ4n) is 1.23. The summed E-state index contributed by atoms with van der Waals surface area (Å²) in [6, 6.07) is 1.65. The fraction of sp³-hybridized carbons (Fsp3) is 0.583. The van der Waals surface area contributed by atoms with Gasteiger partial charge in [-0.1, -0.05) is 20.8 Å². The Morgan fingerprint density at radius 1 is 1.22 bits per heavy atom. The summed E-state index contributed by atoms with van der Waals surface area (Å²) >= 11 is 0. The molecule has 0 fully saturated rings. The monoisotopic (exact) mass is 262 g/mol. The zero-order chi connectivity index (χ0) is 14.0. The number of ether oxygens (including phenoxy) is 1. The zero-order valence-corrected chi connectivity index (χ0v) is 10.6. The molecular weight excluding hydrogens is 245 g/mol. The largest absolute Gasteiger partial charge is 0.478 e. The molecule has 0 bridgehead atoms. The van der Waals surface area contributed by atoms with Gasteiger partial charge < -0.3 is 10.5 Å². The maximum atomic E-state index is 12.5. The summed E-state index contributed by atoms with van der Waals surface area (Å²) in [5.74, 6) is -0.290. The number of nitrogen functional groups attached to an aromatic ring is 1. The molecule has 0 aliphatic rings. The first kappa shape index (κ1) is 14.6. The molecule has 0 radical (unpaired) electrons. The molecule has 0 atom stereocenters. The third-order valence-electron chi connectivity index (χ3n) is 2.25. The second-order valence-electron chi connectivity index (χ2n) is 5.28. The maximum Gasteiger partial charge on any atom is 0.416 e. The SMILES string of the molecule is CC(C)(C)CCOc1cc(C(F)(F)F)cc(N)n1. The molecular formula is C12H17F3N2O. The Labute approximate surface area is 104 Å². The highest BCUT2D eigenvalue weighted by Crippen LogP contribution is 2.32. The second kappa shape index (κ2) is 5.04. The summed E-state index contributed by atoms with van der Waals surface area (Å²) in [6.45, 7) is 6.36. The van der Waals surface area contributed by atoms with Crippen molar-refractivity contribution in [1.29, 1.82) is 0 Å². The molecule has 0 saturated carbocycles. The Bertz CT molecular complexity index is 411. The van der Waals surface area contributed by atoms with E-state index in [4.69, 9.17) is 10.5 Å². The summed E-state index contributed by atoms with van der Waals surface area (Å²) in [4.78, 5) is 3.72. The minimum Gasteiger partial charge on any atom is -0.478 e. The van der Waals surface area contributed by atoms with Crippen LogP contribution in [0.4, 0.5) is 19.0 Å². The Kier molecular flexibility index (Phi) is 4.09. The van der Waals surface area contributed by atoms with Gasteiger partial charge in [0.15, 0.2) is 0 Å². The van der Waals surface area contributed by atoms with E-state index in [2.05, 4.69) is 4.98 Å². The second-order valence-corrected chi connectivity index (χ2v) is 5.28. The summed E-state index contributed by atoms with van der Waals surface area (Å²) in [5.41, 5.74) is 4.52. The van der Waals surface area contributed by atoms with E-state index < -0.39 is 11.7 Å². The van der Waals surface area contributed by atoms with E-state index in [9.17, 15) is 13.2 Å². The maximum absolute atomic E-state index is 12.5. The van der Waals surface area contributed by atoms with Gasteiger partial charge in [0, 0.05) is 6.07 Å². The fourth-order valence-corrected chi connectivity index (χ4v) is 1.23. The quantitative estimate of drug-likeness (QED) is 0.907. The van der Waals surface area contributed by atoms with Crippen molar-refractivity contribution < 1.29 is 17.9 Å². The number of nitrogens with zero attached hydrogens (tertiary/aromatic N) is 1. The summed E-state index contributed by atoms with van der Waals surface area (Å²) in [5, 5.41) is 0. The van der Waals surface area contributed by atoms with Crippen LogP contribution >= 0.6 is 0 Å². The molecule has 0 amide bonds. The molecule has 0 unspecified atom stereocenters. The highest BCUT2D eigenvalue weighted by Gasteiger charge is 2.31. The average molecular weight is 262 g/mol. The van der Waals surface area contributed by atoms with Crippen molar-refractivity contribution in [3.05, 3.63) is 17.7 Å². The van der Waals surface area contributed by atoms with Crippen LogP contribution in [0, 0.1) is 5.41 Å². The normalized spacial score (nSPS) is 12.6. The van der Waals surface area contributed by atoms with Crippen LogP contribution in [0.3, 0.4) is 0 Å². The van der Waals surface area contributed by atoms with Crippen molar-refractivity contribution in [3.63, 3.8) is 0 Å². The van der Waals surface area contributed by atoms with Crippen LogP contribution in [-0.2, 0) is 6.18 Å². The van der Waals surface area contributed by atoms with E-state index in [-0.39, 0.29) is 17.1 Å². The van der Waals surface area contributed by atoms with Gasteiger partial charge in [-0.15, -0.1) is 0 Å². The lowest BCUT2D eigenvalue weighted by Crippen LogP contribution is -2.13. The van der Waals surface area contributed by atoms with E-state index in [1.54, 1.807) is 0 Å². The molecule has 0 aliphatic carbocycles. The number of aromatic nitrogens is 1. The van der Waals surface area contributed by atoms with Crippen LogP contribution in [0.15, 0.2) is 12.1 Å². The molecule has 0 spiro atoms. The molecule has 3 nitrogen and oxygen atoms in total. The van der Waals surface area contributed by atoms with Crippen LogP contribution in [0.2, 0.25) is 0 Å². The van der Waals surface area contributed by atoms with Gasteiger partial charge in [0.1, 0.15) is 5.82 Å². The van der Waals surface area contributed by atoms with Crippen LogP contribution in [0.25, 0.3) is 0 Å². The van der Waals surface area contributed by atoms with Gasteiger partial charge in [0.25, 0.3) is 0 Å². The number of alkyl halides is 3. The summed E-state index contributed by atoms with van der Waals surface area (Å²) < 4.78 is 42.8. The Balaban J connectivity index is 2.75. The van der Waals surface area contributed by atoms with Crippen molar-refractivity contribution in [2.75, 3.05) is 12.3 Å². The number of halogens is 3. The first-order chi connectivity index (χ1) is 8.08. The van der Waals surface area contributed by atoms with Crippen LogP contribution < -0.4 is 10.5 Å². The van der Waals surface area contributed by atoms with Gasteiger partial charge in [0.05, 0.1) is 12.2 Å². The molecule has 102 valence electrons. The third-order valence-corrected chi connectivity index (χ3v) is 2.25. The van der Waals surface area contributed by atoms with Gasteiger partial charge in [-0.25, -0.2) is 0 Å². The molecule has 0 aliphatic heterocycles. The predicted octanol–water partition coefficient (Wildman–Crippen LogP) is 3.50. The van der Waals surface area contributed by atoms with Crippen molar-refractivity contribution >= 4 is 5.82 Å². The standard InChI is InChI=1S/C12H17F3N2O/c1-11(2,3)4-5-18-10-7-8(12(13,14)15)6-9(16)17-10/h6-7H,4-5H2,1-3H3,(H2,16,17). The lowest BCUT2D eigenvalue weighted by Gasteiger charge is -2.18. The van der Waals surface area contributed by atoms with Gasteiger partial charge >= 0.3 is 6.18 Å². The molecule has 0 aromatic carbocycles. The highest BCUT2D eigenvalue weighted by molar-refractivity contribution is 5.38. The number of nitrogens with two attached hydrogens (primary N) is 1. The third kappa shape index (κ3) is 4.81. The van der Waals surface area contributed by atoms with E-state index in [0.717, 1.165) is 12.1 Å². The van der Waals surface area contributed by atoms with Gasteiger partial charge in [0.2, 0.25) is 5.88 Å². The number of pyridine rings is 1. The number of anilines is 1. The van der Waals surface area contributed by atoms with E-state index in [1.165, 1.54) is 0 Å². The smallest absolute Gasteiger partial charge is 0.416 e. The van der Waals surface area contributed by atoms with Crippen molar-refractivity contribution in [3.8, 4) is 5.88 Å². The zero-order valence-electron chi connectivity index (χ0n) is 10.6. The lowest BCUT2D eigenvalue weighted by molar-refractivity contribution is -0.137. The molecule has 6 heteroatoms. The Hall–Kier alpha value is -1.46. The Morgan fingerprint density at radius 3 is 2.33 bits per heavy atom. The number of rotatable bonds is 3. The minimum absolute atomic E-state index is 0.0488. The van der Waals surface area contributed by atoms with Crippen molar-refractivity contribution in [2.45, 2.75) is 33.4 Å². The molecule has 1 heterocycles. The predicted molar refractivity (Wildman–Crippen MR) is 63.2 cm³/mol. The average Bonchev–Trinajstić information content (AvgIpc) is 2.13. The minimum atomic E-state index is -4.45. The number of hydrogen-bond acceptors (Lipinski definition) is 3. The topological polar surface area (TPSA) is 48.1 Å². The van der Waals surface area contributed by atoms with E-state index >= 15 is 0 Å². The van der Waals surface area contributed by atoms with Crippen LogP contribution in [0.1, 0.15) is 32.8 Å².